The lowest BCUT2D eigenvalue weighted by molar-refractivity contribution is -0.138. The monoisotopic (exact) mass is 544 g/mol. The van der Waals surface area contributed by atoms with Crippen molar-refractivity contribution in [2.75, 3.05) is 12.3 Å². The smallest absolute Gasteiger partial charge is 0.327 e. The summed E-state index contributed by atoms with van der Waals surface area (Å²) in [6.07, 6.45) is 0.529. The Morgan fingerprint density at radius 3 is 2.22 bits per heavy atom. The van der Waals surface area contributed by atoms with Crippen LogP contribution in [0.4, 0.5) is 4.79 Å². The summed E-state index contributed by atoms with van der Waals surface area (Å²) in [4.78, 5) is 38.9. The average Bonchev–Trinajstić information content (AvgIpc) is 2.88. The van der Waals surface area contributed by atoms with Gasteiger partial charge in [0.2, 0.25) is 0 Å². The lowest BCUT2D eigenvalue weighted by atomic mass is 10.0. The van der Waals surface area contributed by atoms with Gasteiger partial charge in [-0.25, -0.2) is 9.59 Å². The molecule has 0 fully saturated rings. The highest BCUT2D eigenvalue weighted by atomic mass is 35.5. The van der Waals surface area contributed by atoms with E-state index in [0.29, 0.717) is 27.8 Å². The predicted molar refractivity (Wildman–Crippen MR) is 146 cm³/mol. The lowest BCUT2D eigenvalue weighted by Gasteiger charge is -2.23. The quantitative estimate of drug-likeness (QED) is 0.300. The Balaban J connectivity index is 1.67. The van der Waals surface area contributed by atoms with E-state index in [1.807, 2.05) is 43.3 Å². The van der Waals surface area contributed by atoms with Crippen LogP contribution in [-0.2, 0) is 10.5 Å². The fraction of sp³-hybridized carbons (Fsp3) is 0.222. The van der Waals surface area contributed by atoms with Crippen LogP contribution in [0.25, 0.3) is 11.1 Å². The van der Waals surface area contributed by atoms with Crippen LogP contribution in [0.5, 0.6) is 0 Å². The summed E-state index contributed by atoms with van der Waals surface area (Å²) < 4.78 is 0. The third-order valence-corrected chi connectivity index (χ3v) is 7.16. The number of thioether (sulfide) groups is 1. The molecular weight excluding hydrogens is 519 g/mol. The molecule has 0 aliphatic heterocycles. The third kappa shape index (κ3) is 7.50. The van der Waals surface area contributed by atoms with Crippen molar-refractivity contribution in [1.82, 2.24) is 10.2 Å². The van der Waals surface area contributed by atoms with Crippen molar-refractivity contribution < 1.29 is 19.5 Å². The predicted octanol–water partition coefficient (Wildman–Crippen LogP) is 6.61. The van der Waals surface area contributed by atoms with Crippen LogP contribution >= 0.6 is 35.0 Å². The number of hydrogen-bond acceptors (Lipinski definition) is 4. The maximum Gasteiger partial charge on any atom is 0.327 e. The molecule has 0 spiro atoms. The van der Waals surface area contributed by atoms with Gasteiger partial charge >= 0.3 is 12.0 Å². The molecule has 3 aromatic rings. The molecule has 3 amide bonds. The SMILES string of the molecule is CCCN(C(=O)N[C@@H](CSCc1ccccc1)C(=O)O)C(=O)c1ccc(-c2ccc(Cl)c(Cl)c2)cc1. The minimum absolute atomic E-state index is 0.155. The van der Waals surface area contributed by atoms with Crippen molar-refractivity contribution in [3.05, 3.63) is 94.0 Å². The first-order valence-corrected chi connectivity index (χ1v) is 13.2. The van der Waals surface area contributed by atoms with Gasteiger partial charge in [0.1, 0.15) is 6.04 Å². The van der Waals surface area contributed by atoms with Crippen molar-refractivity contribution in [3.63, 3.8) is 0 Å². The van der Waals surface area contributed by atoms with E-state index in [1.165, 1.54) is 11.8 Å². The Bertz CT molecular complexity index is 1210. The van der Waals surface area contributed by atoms with Crippen LogP contribution in [-0.4, -0.2) is 46.3 Å². The van der Waals surface area contributed by atoms with Gasteiger partial charge in [0.05, 0.1) is 10.0 Å². The highest BCUT2D eigenvalue weighted by Crippen LogP contribution is 2.28. The number of imide groups is 1. The molecule has 36 heavy (non-hydrogen) atoms. The molecule has 0 bridgehead atoms. The molecule has 0 radical (unpaired) electrons. The van der Waals surface area contributed by atoms with Crippen molar-refractivity contribution in [1.29, 1.82) is 0 Å². The summed E-state index contributed by atoms with van der Waals surface area (Å²) in [5, 5.41) is 13.0. The van der Waals surface area contributed by atoms with E-state index in [1.54, 1.807) is 36.4 Å². The van der Waals surface area contributed by atoms with Gasteiger partial charge < -0.3 is 10.4 Å². The van der Waals surface area contributed by atoms with Gasteiger partial charge in [-0.2, -0.15) is 11.8 Å². The van der Waals surface area contributed by atoms with Crippen LogP contribution < -0.4 is 5.32 Å². The van der Waals surface area contributed by atoms with Gasteiger partial charge in [-0.3, -0.25) is 9.69 Å². The molecule has 0 aliphatic carbocycles. The number of carboxylic acids is 1. The van der Waals surface area contributed by atoms with Crippen molar-refractivity contribution in [2.45, 2.75) is 25.1 Å². The number of hydrogen-bond donors (Lipinski definition) is 2. The molecule has 0 heterocycles. The first-order chi connectivity index (χ1) is 17.3. The van der Waals surface area contributed by atoms with Gasteiger partial charge in [0.15, 0.2) is 0 Å². The minimum Gasteiger partial charge on any atom is -0.480 e. The molecule has 188 valence electrons. The number of nitrogens with zero attached hydrogens (tertiary/aromatic N) is 1. The summed E-state index contributed by atoms with van der Waals surface area (Å²) in [6, 6.07) is 19.8. The number of benzene rings is 3. The molecule has 0 saturated carbocycles. The normalized spacial score (nSPS) is 11.5. The van der Waals surface area contributed by atoms with E-state index in [0.717, 1.165) is 21.6 Å². The minimum atomic E-state index is -1.15. The fourth-order valence-corrected chi connectivity index (χ4v) is 4.73. The van der Waals surface area contributed by atoms with E-state index in [-0.39, 0.29) is 12.3 Å². The first-order valence-electron chi connectivity index (χ1n) is 11.3. The summed E-state index contributed by atoms with van der Waals surface area (Å²) in [5.74, 6) is -0.874. The number of rotatable bonds is 10. The fourth-order valence-electron chi connectivity index (χ4n) is 3.43. The number of carbonyl (C=O) groups excluding carboxylic acids is 2. The second-order valence-corrected chi connectivity index (χ2v) is 9.85. The van der Waals surface area contributed by atoms with Crippen LogP contribution in [0, 0.1) is 0 Å². The molecule has 0 aliphatic rings. The molecule has 9 heteroatoms. The number of amides is 3. The second-order valence-electron chi connectivity index (χ2n) is 8.00. The number of carbonyl (C=O) groups is 3. The largest absolute Gasteiger partial charge is 0.480 e. The molecule has 6 nitrogen and oxygen atoms in total. The summed E-state index contributed by atoms with van der Waals surface area (Å²) in [5.41, 5.74) is 3.04. The van der Waals surface area contributed by atoms with Crippen molar-refractivity contribution >= 4 is 52.9 Å². The molecule has 3 aromatic carbocycles. The van der Waals surface area contributed by atoms with E-state index >= 15 is 0 Å². The van der Waals surface area contributed by atoms with Gasteiger partial charge in [0.25, 0.3) is 5.91 Å². The highest BCUT2D eigenvalue weighted by Gasteiger charge is 2.27. The maximum absolute atomic E-state index is 13.1. The van der Waals surface area contributed by atoms with Crippen LogP contribution in [0.15, 0.2) is 72.8 Å². The maximum atomic E-state index is 13.1. The number of nitrogens with one attached hydrogen (secondary N) is 1. The molecule has 1 atom stereocenters. The Labute approximate surface area is 224 Å². The Morgan fingerprint density at radius 2 is 1.61 bits per heavy atom. The second kappa shape index (κ2) is 13.3. The van der Waals surface area contributed by atoms with Gasteiger partial charge in [-0.05, 0) is 47.4 Å². The molecular formula is C27H26Cl2N2O4S. The first kappa shape index (κ1) is 27.6. The standard InChI is InChI=1S/C27H26Cl2N2O4S/c1-2-14-31(27(35)30-24(26(33)34)17-36-16-18-6-4-3-5-7-18)25(32)20-10-8-19(9-11-20)21-12-13-22(28)23(29)15-21/h3-13,15,24H,2,14,16-17H2,1H3,(H,30,35)(H,33,34)/t24-/m0/s1. The van der Waals surface area contributed by atoms with Gasteiger partial charge in [0, 0.05) is 23.6 Å². The highest BCUT2D eigenvalue weighted by molar-refractivity contribution is 7.98. The number of aliphatic carboxylic acids is 1. The number of urea groups is 1. The zero-order chi connectivity index (χ0) is 26.1. The average molecular weight is 545 g/mol. The summed E-state index contributed by atoms with van der Waals surface area (Å²) >= 11 is 13.5. The Morgan fingerprint density at radius 1 is 0.944 bits per heavy atom. The Kier molecular flexibility index (Phi) is 10.2. The van der Waals surface area contributed by atoms with E-state index in [4.69, 9.17) is 23.2 Å². The molecule has 3 rings (SSSR count). The van der Waals surface area contributed by atoms with Crippen molar-refractivity contribution in [2.24, 2.45) is 0 Å². The van der Waals surface area contributed by atoms with Gasteiger partial charge in [-0.15, -0.1) is 0 Å². The topological polar surface area (TPSA) is 86.7 Å². The van der Waals surface area contributed by atoms with Crippen LogP contribution in [0.2, 0.25) is 10.0 Å². The van der Waals surface area contributed by atoms with E-state index in [2.05, 4.69) is 5.32 Å². The van der Waals surface area contributed by atoms with Crippen molar-refractivity contribution in [3.8, 4) is 11.1 Å². The summed E-state index contributed by atoms with van der Waals surface area (Å²) in [6.45, 7) is 1.99. The van der Waals surface area contributed by atoms with Gasteiger partial charge in [-0.1, -0.05) is 78.7 Å². The molecule has 0 unspecified atom stereocenters. The summed E-state index contributed by atoms with van der Waals surface area (Å²) in [7, 11) is 0. The molecule has 0 aromatic heterocycles. The van der Waals surface area contributed by atoms with Crippen LogP contribution in [0.1, 0.15) is 29.3 Å². The number of carboxylic acid groups (broad SMARTS) is 1. The Hall–Kier alpha value is -3.00. The van der Waals surface area contributed by atoms with E-state index < -0.39 is 23.9 Å². The van der Waals surface area contributed by atoms with Crippen LogP contribution in [0.3, 0.4) is 0 Å². The molecule has 2 N–H and O–H groups in total. The lowest BCUT2D eigenvalue weighted by Crippen LogP contribution is -2.51. The van der Waals surface area contributed by atoms with E-state index in [9.17, 15) is 19.5 Å². The number of halogens is 2. The zero-order valence-corrected chi connectivity index (χ0v) is 21.9. The third-order valence-electron chi connectivity index (χ3n) is 5.31. The molecule has 0 saturated heterocycles. The zero-order valence-electron chi connectivity index (χ0n) is 19.6.